The maximum absolute atomic E-state index is 13.2. The quantitative estimate of drug-likeness (QED) is 0.400. The average Bonchev–Trinajstić information content (AvgIpc) is 3.12. The van der Waals surface area contributed by atoms with Crippen molar-refractivity contribution in [3.63, 3.8) is 0 Å². The van der Waals surface area contributed by atoms with Crippen molar-refractivity contribution < 1.29 is 14.3 Å². The molecule has 0 saturated heterocycles. The SMILES string of the molecule is CCC1CC(=O)c2c(n(Cc3cccc4ccccc34)c3cccc(C(=O)OC)c23)C1. The summed E-state index contributed by atoms with van der Waals surface area (Å²) in [5, 5.41) is 3.14. The smallest absolute Gasteiger partial charge is 0.338 e. The van der Waals surface area contributed by atoms with E-state index in [1.165, 1.54) is 23.4 Å². The third-order valence-corrected chi connectivity index (χ3v) is 6.62. The van der Waals surface area contributed by atoms with Crippen LogP contribution < -0.4 is 0 Å². The second kappa shape index (κ2) is 7.69. The van der Waals surface area contributed by atoms with Crippen LogP contribution in [0.3, 0.4) is 0 Å². The topological polar surface area (TPSA) is 48.3 Å². The summed E-state index contributed by atoms with van der Waals surface area (Å²) in [5.41, 5.74) is 4.35. The number of nitrogens with zero attached hydrogens (tertiary/aromatic N) is 1. The number of Topliss-reactive ketones (excluding diaryl/α,β-unsaturated/α-hetero) is 1. The molecule has 1 aromatic heterocycles. The maximum Gasteiger partial charge on any atom is 0.338 e. The van der Waals surface area contributed by atoms with Gasteiger partial charge < -0.3 is 9.30 Å². The lowest BCUT2D eigenvalue weighted by atomic mass is 9.83. The molecule has 4 nitrogen and oxygen atoms in total. The van der Waals surface area contributed by atoms with Gasteiger partial charge >= 0.3 is 5.97 Å². The molecule has 0 N–H and O–H groups in total. The lowest BCUT2D eigenvalue weighted by Gasteiger charge is -2.23. The largest absolute Gasteiger partial charge is 0.465 e. The molecule has 3 aromatic carbocycles. The van der Waals surface area contributed by atoms with Gasteiger partial charge in [-0.3, -0.25) is 4.79 Å². The van der Waals surface area contributed by atoms with Crippen LogP contribution in [0.5, 0.6) is 0 Å². The number of aromatic nitrogens is 1. The van der Waals surface area contributed by atoms with E-state index in [0.717, 1.165) is 29.4 Å². The highest BCUT2D eigenvalue weighted by Crippen LogP contribution is 2.38. The molecule has 5 rings (SSSR count). The van der Waals surface area contributed by atoms with Crippen molar-refractivity contribution in [2.24, 2.45) is 5.92 Å². The summed E-state index contributed by atoms with van der Waals surface area (Å²) in [7, 11) is 1.38. The molecule has 0 radical (unpaired) electrons. The zero-order valence-electron chi connectivity index (χ0n) is 17.9. The molecule has 1 heterocycles. The Hall–Kier alpha value is -3.40. The number of ketones is 1. The first kappa shape index (κ1) is 19.6. The van der Waals surface area contributed by atoms with Gasteiger partial charge in [-0.25, -0.2) is 4.79 Å². The minimum absolute atomic E-state index is 0.131. The van der Waals surface area contributed by atoms with Crippen molar-refractivity contribution in [3.05, 3.63) is 83.0 Å². The average molecular weight is 412 g/mol. The second-order valence-electron chi connectivity index (χ2n) is 8.34. The molecule has 0 spiro atoms. The van der Waals surface area contributed by atoms with Gasteiger partial charge in [0.25, 0.3) is 0 Å². The van der Waals surface area contributed by atoms with Crippen LogP contribution in [0, 0.1) is 5.92 Å². The van der Waals surface area contributed by atoms with Crippen LogP contribution in [-0.2, 0) is 17.7 Å². The first-order valence-corrected chi connectivity index (χ1v) is 10.8. The number of esters is 1. The number of hydrogen-bond acceptors (Lipinski definition) is 3. The fourth-order valence-electron chi connectivity index (χ4n) is 5.02. The lowest BCUT2D eigenvalue weighted by Crippen LogP contribution is -2.21. The Morgan fingerprint density at radius 3 is 2.61 bits per heavy atom. The van der Waals surface area contributed by atoms with Crippen molar-refractivity contribution in [2.75, 3.05) is 7.11 Å². The van der Waals surface area contributed by atoms with Crippen LogP contribution in [0.15, 0.2) is 60.7 Å². The predicted molar refractivity (Wildman–Crippen MR) is 123 cm³/mol. The highest BCUT2D eigenvalue weighted by atomic mass is 16.5. The Bertz CT molecular complexity index is 1330. The van der Waals surface area contributed by atoms with Gasteiger partial charge in [0.2, 0.25) is 0 Å². The van der Waals surface area contributed by atoms with Crippen molar-refractivity contribution in [3.8, 4) is 0 Å². The van der Waals surface area contributed by atoms with Gasteiger partial charge in [0, 0.05) is 29.6 Å². The highest BCUT2D eigenvalue weighted by Gasteiger charge is 2.32. The molecule has 1 aliphatic carbocycles. The number of carbonyl (C=O) groups is 2. The molecular formula is C27H25NO3. The van der Waals surface area contributed by atoms with E-state index in [-0.39, 0.29) is 5.78 Å². The van der Waals surface area contributed by atoms with Crippen LogP contribution in [0.1, 0.15) is 51.7 Å². The number of benzene rings is 3. The van der Waals surface area contributed by atoms with Crippen LogP contribution in [0.25, 0.3) is 21.7 Å². The molecule has 0 aliphatic heterocycles. The Kier molecular flexibility index (Phi) is 4.85. The fraction of sp³-hybridized carbons (Fsp3) is 0.259. The second-order valence-corrected chi connectivity index (χ2v) is 8.34. The Morgan fingerprint density at radius 1 is 1.03 bits per heavy atom. The van der Waals surface area contributed by atoms with E-state index in [1.807, 2.05) is 18.2 Å². The minimum Gasteiger partial charge on any atom is -0.465 e. The lowest BCUT2D eigenvalue weighted by molar-refractivity contribution is 0.0603. The molecule has 156 valence electrons. The third kappa shape index (κ3) is 3.14. The molecule has 4 aromatic rings. The monoisotopic (exact) mass is 411 g/mol. The van der Waals surface area contributed by atoms with Gasteiger partial charge in [-0.15, -0.1) is 0 Å². The van der Waals surface area contributed by atoms with Gasteiger partial charge in [-0.1, -0.05) is 61.9 Å². The summed E-state index contributed by atoms with van der Waals surface area (Å²) in [6, 6.07) is 20.4. The van der Waals surface area contributed by atoms with Gasteiger partial charge in [0.1, 0.15) is 0 Å². The Labute approximate surface area is 181 Å². The molecule has 1 unspecified atom stereocenters. The first-order chi connectivity index (χ1) is 15.1. The van der Waals surface area contributed by atoms with Gasteiger partial charge in [-0.05, 0) is 40.8 Å². The molecule has 0 saturated carbocycles. The molecule has 0 fully saturated rings. The summed E-state index contributed by atoms with van der Waals surface area (Å²) in [4.78, 5) is 25.8. The van der Waals surface area contributed by atoms with E-state index in [9.17, 15) is 9.59 Å². The van der Waals surface area contributed by atoms with E-state index in [4.69, 9.17) is 4.74 Å². The number of ether oxygens (including phenoxy) is 1. The van der Waals surface area contributed by atoms with E-state index in [1.54, 1.807) is 6.07 Å². The summed E-state index contributed by atoms with van der Waals surface area (Å²) >= 11 is 0. The summed E-state index contributed by atoms with van der Waals surface area (Å²) in [6.07, 6.45) is 2.34. The van der Waals surface area contributed by atoms with Crippen LogP contribution >= 0.6 is 0 Å². The number of carbonyl (C=O) groups excluding carboxylic acids is 2. The van der Waals surface area contributed by atoms with E-state index in [0.29, 0.717) is 30.0 Å². The Balaban J connectivity index is 1.78. The normalized spacial score (nSPS) is 15.9. The van der Waals surface area contributed by atoms with Crippen LogP contribution in [-0.4, -0.2) is 23.4 Å². The predicted octanol–water partition coefficient (Wildman–Crippen LogP) is 5.78. The fourth-order valence-corrected chi connectivity index (χ4v) is 5.02. The summed E-state index contributed by atoms with van der Waals surface area (Å²) in [6.45, 7) is 2.79. The number of fused-ring (bicyclic) bond motifs is 4. The van der Waals surface area contributed by atoms with E-state index < -0.39 is 5.97 Å². The summed E-state index contributed by atoms with van der Waals surface area (Å²) in [5.74, 6) is 0.0596. The van der Waals surface area contributed by atoms with Gasteiger partial charge in [0.05, 0.1) is 18.2 Å². The van der Waals surface area contributed by atoms with Crippen molar-refractivity contribution in [2.45, 2.75) is 32.7 Å². The molecule has 0 bridgehead atoms. The standard InChI is InChI=1S/C27H25NO3/c1-3-17-14-23-26(24(29)15-17)25-21(27(30)31-2)12-7-13-22(25)28(23)16-19-10-6-9-18-8-4-5-11-20(18)19/h4-13,17H,3,14-16H2,1-2H3. The van der Waals surface area contributed by atoms with E-state index >= 15 is 0 Å². The number of hydrogen-bond donors (Lipinski definition) is 0. The van der Waals surface area contributed by atoms with Gasteiger partial charge in [0.15, 0.2) is 5.78 Å². The molecule has 0 amide bonds. The van der Waals surface area contributed by atoms with E-state index in [2.05, 4.69) is 47.9 Å². The van der Waals surface area contributed by atoms with Crippen LogP contribution in [0.4, 0.5) is 0 Å². The third-order valence-electron chi connectivity index (χ3n) is 6.62. The zero-order valence-corrected chi connectivity index (χ0v) is 17.9. The molecule has 1 atom stereocenters. The zero-order chi connectivity index (χ0) is 21.5. The van der Waals surface area contributed by atoms with Crippen molar-refractivity contribution >= 4 is 33.4 Å². The van der Waals surface area contributed by atoms with Crippen molar-refractivity contribution in [1.29, 1.82) is 0 Å². The summed E-state index contributed by atoms with van der Waals surface area (Å²) < 4.78 is 7.29. The Morgan fingerprint density at radius 2 is 1.81 bits per heavy atom. The number of rotatable bonds is 4. The first-order valence-electron chi connectivity index (χ1n) is 10.8. The molecule has 1 aliphatic rings. The van der Waals surface area contributed by atoms with Crippen molar-refractivity contribution in [1.82, 2.24) is 4.57 Å². The molecule has 31 heavy (non-hydrogen) atoms. The van der Waals surface area contributed by atoms with Gasteiger partial charge in [-0.2, -0.15) is 0 Å². The van der Waals surface area contributed by atoms with Crippen LogP contribution in [0.2, 0.25) is 0 Å². The molecular weight excluding hydrogens is 386 g/mol. The number of methoxy groups -OCH3 is 1. The maximum atomic E-state index is 13.2. The highest BCUT2D eigenvalue weighted by molar-refractivity contribution is 6.16. The molecule has 4 heteroatoms. The minimum atomic E-state index is -0.402.